The minimum absolute atomic E-state index is 0.0424. The van der Waals surface area contributed by atoms with Crippen LogP contribution in [0.2, 0.25) is 0 Å². The summed E-state index contributed by atoms with van der Waals surface area (Å²) in [6.07, 6.45) is -0.803. The van der Waals surface area contributed by atoms with Crippen molar-refractivity contribution in [1.29, 1.82) is 0 Å². The minimum Gasteiger partial charge on any atom is -0.462 e. The second-order valence-electron chi connectivity index (χ2n) is 5.49. The Morgan fingerprint density at radius 2 is 1.61 bits per heavy atom. The fourth-order valence-corrected chi connectivity index (χ4v) is 2.29. The molecule has 0 radical (unpaired) electrons. The van der Waals surface area contributed by atoms with Gasteiger partial charge in [-0.05, 0) is 56.6 Å². The molecule has 1 aromatic rings. The Balaban J connectivity index is 3.37. The molecule has 0 aliphatic carbocycles. The van der Waals surface area contributed by atoms with Crippen LogP contribution >= 0.6 is 15.9 Å². The van der Waals surface area contributed by atoms with E-state index in [1.807, 2.05) is 0 Å². The Morgan fingerprint density at radius 1 is 1.09 bits per heavy atom. The Kier molecular flexibility index (Phi) is 6.37. The number of rotatable bonds is 4. The summed E-state index contributed by atoms with van der Waals surface area (Å²) in [5, 5.41) is 0. The summed E-state index contributed by atoms with van der Waals surface area (Å²) in [5.74, 6) is -1.40. The first-order valence-corrected chi connectivity index (χ1v) is 7.90. The molecule has 1 rings (SSSR count). The van der Waals surface area contributed by atoms with Gasteiger partial charge in [-0.2, -0.15) is 0 Å². The molecule has 0 unspecified atom stereocenters. The van der Waals surface area contributed by atoms with Gasteiger partial charge in [-0.25, -0.2) is 19.0 Å². The Hall–Kier alpha value is -1.83. The molecule has 1 aromatic heterocycles. The molecule has 0 amide bonds. The maximum absolute atomic E-state index is 12.4. The molecule has 0 bridgehead atoms. The molecular formula is C15H20BrNO6. The van der Waals surface area contributed by atoms with Gasteiger partial charge in [0.2, 0.25) is 0 Å². The van der Waals surface area contributed by atoms with E-state index in [2.05, 4.69) is 15.9 Å². The molecule has 8 heteroatoms. The fraction of sp³-hybridized carbons (Fsp3) is 0.533. The van der Waals surface area contributed by atoms with Crippen molar-refractivity contribution in [3.05, 3.63) is 21.9 Å². The molecule has 0 aliphatic heterocycles. The van der Waals surface area contributed by atoms with Gasteiger partial charge in [-0.3, -0.25) is 0 Å². The predicted molar refractivity (Wildman–Crippen MR) is 85.7 cm³/mol. The second kappa shape index (κ2) is 7.63. The van der Waals surface area contributed by atoms with Gasteiger partial charge in [0.15, 0.2) is 0 Å². The Labute approximate surface area is 143 Å². The number of carbonyl (C=O) groups excluding carboxylic acids is 3. The van der Waals surface area contributed by atoms with E-state index in [9.17, 15) is 14.4 Å². The van der Waals surface area contributed by atoms with E-state index in [0.29, 0.717) is 0 Å². The number of hydrogen-bond acceptors (Lipinski definition) is 6. The molecule has 0 saturated heterocycles. The van der Waals surface area contributed by atoms with Crippen LogP contribution in [0.1, 0.15) is 55.5 Å². The molecule has 0 fully saturated rings. The van der Waals surface area contributed by atoms with E-state index >= 15 is 0 Å². The van der Waals surface area contributed by atoms with Crippen molar-refractivity contribution < 1.29 is 28.6 Å². The molecule has 0 aliphatic rings. The highest BCUT2D eigenvalue weighted by Gasteiger charge is 2.30. The van der Waals surface area contributed by atoms with E-state index in [0.717, 1.165) is 4.57 Å². The lowest BCUT2D eigenvalue weighted by atomic mass is 10.2. The van der Waals surface area contributed by atoms with E-state index in [1.165, 1.54) is 6.07 Å². The van der Waals surface area contributed by atoms with Gasteiger partial charge in [0.05, 0.1) is 18.8 Å². The van der Waals surface area contributed by atoms with E-state index in [-0.39, 0.29) is 29.1 Å². The molecular weight excluding hydrogens is 370 g/mol. The molecule has 0 spiro atoms. The van der Waals surface area contributed by atoms with Crippen LogP contribution in [0.25, 0.3) is 0 Å². The summed E-state index contributed by atoms with van der Waals surface area (Å²) in [6.45, 7) is 8.67. The number of carbonyl (C=O) groups is 3. The number of ether oxygens (including phenoxy) is 3. The topological polar surface area (TPSA) is 83.8 Å². The lowest BCUT2D eigenvalue weighted by Gasteiger charge is -2.20. The zero-order chi connectivity index (χ0) is 17.8. The number of aromatic nitrogens is 1. The van der Waals surface area contributed by atoms with Crippen molar-refractivity contribution in [1.82, 2.24) is 4.57 Å². The van der Waals surface area contributed by atoms with Gasteiger partial charge in [0, 0.05) is 0 Å². The van der Waals surface area contributed by atoms with Gasteiger partial charge in [-0.1, -0.05) is 0 Å². The summed E-state index contributed by atoms with van der Waals surface area (Å²) in [7, 11) is 0. The van der Waals surface area contributed by atoms with Crippen molar-refractivity contribution in [2.45, 2.75) is 40.2 Å². The third kappa shape index (κ3) is 4.82. The average molecular weight is 390 g/mol. The average Bonchev–Trinajstić information content (AvgIpc) is 2.75. The van der Waals surface area contributed by atoms with Gasteiger partial charge in [0.1, 0.15) is 15.9 Å². The Morgan fingerprint density at radius 3 is 2.09 bits per heavy atom. The molecule has 1 heterocycles. The SMILES string of the molecule is CCOC(=O)c1cc(C(=O)OCC)n(C(=O)OC(C)(C)C)c1Br. The fourth-order valence-electron chi connectivity index (χ4n) is 1.68. The highest BCUT2D eigenvalue weighted by molar-refractivity contribution is 9.10. The van der Waals surface area contributed by atoms with Crippen LogP contribution in [0.5, 0.6) is 0 Å². The first-order valence-electron chi connectivity index (χ1n) is 7.11. The zero-order valence-corrected chi connectivity index (χ0v) is 15.4. The molecule has 0 atom stereocenters. The van der Waals surface area contributed by atoms with Gasteiger partial charge < -0.3 is 14.2 Å². The third-order valence-electron chi connectivity index (χ3n) is 2.50. The summed E-state index contributed by atoms with van der Waals surface area (Å²) >= 11 is 3.15. The normalized spacial score (nSPS) is 11.0. The summed E-state index contributed by atoms with van der Waals surface area (Å²) in [4.78, 5) is 36.4. The molecule has 0 N–H and O–H groups in total. The van der Waals surface area contributed by atoms with Crippen LogP contribution in [0.4, 0.5) is 4.79 Å². The van der Waals surface area contributed by atoms with Crippen LogP contribution < -0.4 is 0 Å². The van der Waals surface area contributed by atoms with Crippen molar-refractivity contribution in [3.63, 3.8) is 0 Å². The smallest absolute Gasteiger partial charge is 0.420 e. The van der Waals surface area contributed by atoms with Crippen molar-refractivity contribution in [3.8, 4) is 0 Å². The highest BCUT2D eigenvalue weighted by Crippen LogP contribution is 2.25. The van der Waals surface area contributed by atoms with Crippen LogP contribution in [0.3, 0.4) is 0 Å². The lowest BCUT2D eigenvalue weighted by molar-refractivity contribution is 0.0446. The lowest BCUT2D eigenvalue weighted by Crippen LogP contribution is -2.29. The summed E-state index contributed by atoms with van der Waals surface area (Å²) in [5.41, 5.74) is -0.839. The first-order chi connectivity index (χ1) is 10.6. The number of hydrogen-bond donors (Lipinski definition) is 0. The number of esters is 2. The quantitative estimate of drug-likeness (QED) is 0.579. The maximum Gasteiger partial charge on any atom is 0.420 e. The van der Waals surface area contributed by atoms with Crippen LogP contribution in [-0.2, 0) is 14.2 Å². The van der Waals surface area contributed by atoms with Crippen molar-refractivity contribution in [2.24, 2.45) is 0 Å². The van der Waals surface area contributed by atoms with Crippen molar-refractivity contribution >= 4 is 34.0 Å². The largest absolute Gasteiger partial charge is 0.462 e. The molecule has 23 heavy (non-hydrogen) atoms. The minimum atomic E-state index is -0.803. The van der Waals surface area contributed by atoms with Crippen molar-refractivity contribution in [2.75, 3.05) is 13.2 Å². The zero-order valence-electron chi connectivity index (χ0n) is 13.8. The second-order valence-corrected chi connectivity index (χ2v) is 6.24. The highest BCUT2D eigenvalue weighted by atomic mass is 79.9. The standard InChI is InChI=1S/C15H20BrNO6/c1-6-21-12(18)9-8-10(13(19)22-7-2)17(11(9)16)14(20)23-15(3,4)5/h8H,6-7H2,1-5H3. The molecule has 0 aromatic carbocycles. The maximum atomic E-state index is 12.4. The van der Waals surface area contributed by atoms with E-state index in [1.54, 1.807) is 34.6 Å². The van der Waals surface area contributed by atoms with Gasteiger partial charge in [0.25, 0.3) is 0 Å². The molecule has 0 saturated carbocycles. The summed E-state index contributed by atoms with van der Waals surface area (Å²) < 4.78 is 16.1. The molecule has 128 valence electrons. The van der Waals surface area contributed by atoms with Crippen LogP contribution in [0.15, 0.2) is 10.7 Å². The number of nitrogens with zero attached hydrogens (tertiary/aromatic N) is 1. The van der Waals surface area contributed by atoms with Gasteiger partial charge >= 0.3 is 18.0 Å². The Bertz CT molecular complexity index is 614. The predicted octanol–water partition coefficient (Wildman–Crippen LogP) is 3.39. The van der Waals surface area contributed by atoms with Gasteiger partial charge in [-0.15, -0.1) is 0 Å². The van der Waals surface area contributed by atoms with Crippen LogP contribution in [0, 0.1) is 0 Å². The van der Waals surface area contributed by atoms with E-state index < -0.39 is 23.6 Å². The third-order valence-corrected chi connectivity index (χ3v) is 3.28. The molecule has 7 nitrogen and oxygen atoms in total. The van der Waals surface area contributed by atoms with E-state index in [4.69, 9.17) is 14.2 Å². The van der Waals surface area contributed by atoms with Crippen LogP contribution in [-0.4, -0.2) is 41.4 Å². The first kappa shape index (κ1) is 19.2. The summed E-state index contributed by atoms with van der Waals surface area (Å²) in [6, 6.07) is 1.24. The monoisotopic (exact) mass is 389 g/mol. The number of halogens is 1.